The van der Waals surface area contributed by atoms with Crippen molar-refractivity contribution in [3.05, 3.63) is 0 Å². The lowest BCUT2D eigenvalue weighted by molar-refractivity contribution is -0.537. The fraction of sp³-hybridized carbons (Fsp3) is 0.909. The van der Waals surface area contributed by atoms with E-state index in [2.05, 4.69) is 0 Å². The molecule has 15 N–H and O–H groups in total. The lowest BCUT2D eigenvalue weighted by atomic mass is 9.58. The average molecular weight is 1230 g/mol. The molecule has 5 aliphatic rings. The van der Waals surface area contributed by atoms with E-state index < -0.39 is 172 Å². The molecule has 30 nitrogen and oxygen atoms in total. The Morgan fingerprint density at radius 1 is 0.306 bits per heavy atom. The van der Waals surface area contributed by atoms with Crippen molar-refractivity contribution >= 4 is 29.8 Å². The van der Waals surface area contributed by atoms with Gasteiger partial charge in [-0.2, -0.15) is 0 Å². The number of carboxylic acid groups (broad SMARTS) is 5. The van der Waals surface area contributed by atoms with Crippen molar-refractivity contribution in [2.75, 3.05) is 7.11 Å². The van der Waals surface area contributed by atoms with Crippen molar-refractivity contribution in [2.45, 2.75) is 308 Å². The maximum atomic E-state index is 14.1. The summed E-state index contributed by atoms with van der Waals surface area (Å²) in [5.74, 6) is -22.5. The van der Waals surface area contributed by atoms with Crippen molar-refractivity contribution in [2.24, 2.45) is 0 Å². The van der Waals surface area contributed by atoms with Crippen molar-refractivity contribution < 1.29 is 148 Å². The van der Waals surface area contributed by atoms with Crippen LogP contribution < -0.4 is 0 Å². The van der Waals surface area contributed by atoms with Crippen LogP contribution in [0.2, 0.25) is 0 Å². The summed E-state index contributed by atoms with van der Waals surface area (Å²) < 4.78 is 61.8. The number of aliphatic hydroxyl groups is 10. The van der Waals surface area contributed by atoms with E-state index in [4.69, 9.17) is 47.4 Å². The first-order chi connectivity index (χ1) is 37.0. The first-order valence-electron chi connectivity index (χ1n) is 27.1. The third-order valence-corrected chi connectivity index (χ3v) is 23.1. The van der Waals surface area contributed by atoms with Crippen molar-refractivity contribution in [1.82, 2.24) is 0 Å². The summed E-state index contributed by atoms with van der Waals surface area (Å²) in [7, 11) is 1.01. The zero-order chi connectivity index (χ0) is 67.6. The summed E-state index contributed by atoms with van der Waals surface area (Å²) in [5, 5.41) is 181. The number of aliphatic hydroxyl groups excluding tert-OH is 2. The molecule has 30 heteroatoms. The van der Waals surface area contributed by atoms with Gasteiger partial charge in [0.15, 0.2) is 51.2 Å². The normalized spacial score (nSPS) is 58.0. The molecule has 0 aromatic heterocycles. The van der Waals surface area contributed by atoms with Gasteiger partial charge in [-0.15, -0.1) is 0 Å². The van der Waals surface area contributed by atoms with Crippen LogP contribution in [0.5, 0.6) is 0 Å². The quantitative estimate of drug-likeness (QED) is 0.102. The molecule has 0 aromatic rings. The summed E-state index contributed by atoms with van der Waals surface area (Å²) >= 11 is 0. The largest absolute Gasteiger partial charge is 0.479 e. The standard InChI is InChI=1S/C55H92O30/c1-33(2)26(56)34(3,68)48(17,38(7,77-33)29(60)61)83-54(23)46(15,74)44(13,72)51(20,41(10,81-54)32(66)67)85-55(24)47(16,75)43(12,71)50(19,40(9,82-55)31(64)65)84-52(21)35(4,69)27(57)36(5,37(6,79-52)28(58)59)78-53(22)45(14,73)42(11,70)49(18,76-25)39(8,80-53)30(62)63/h26-27,56-57,68-75H,1-25H3,(H,58,59)(H,60,61)(H,62,63)(H,64,65)(H,66,67)/t26-,27?,34?,35?,36+,37+,38?,39?,40?,41+,42?,43-,44?,45+,46?,47?,48+,49-,50-,51-,52+,53-,54+,55+/m1/s1. The molecular formula is C55H92O30. The highest BCUT2D eigenvalue weighted by Crippen LogP contribution is 2.66. The molecule has 5 saturated heterocycles. The maximum Gasteiger partial charge on any atom is 0.338 e. The van der Waals surface area contributed by atoms with Crippen molar-refractivity contribution in [3.63, 3.8) is 0 Å². The Kier molecular flexibility index (Phi) is 15.8. The Labute approximate surface area is 491 Å². The predicted molar refractivity (Wildman–Crippen MR) is 284 cm³/mol. The number of methoxy groups -OCH3 is 1. The predicted octanol–water partition coefficient (Wildman–Crippen LogP) is -0.767. The number of hydrogen-bond acceptors (Lipinski definition) is 25. The molecule has 85 heavy (non-hydrogen) atoms. The Balaban J connectivity index is 1.71. The van der Waals surface area contributed by atoms with Crippen LogP contribution in [-0.2, 0) is 71.3 Å². The van der Waals surface area contributed by atoms with Gasteiger partial charge in [-0.3, -0.25) is 0 Å². The smallest absolute Gasteiger partial charge is 0.338 e. The number of carbonyl (C=O) groups is 5. The van der Waals surface area contributed by atoms with Crippen LogP contribution in [0.15, 0.2) is 0 Å². The molecule has 0 bridgehead atoms. The molecule has 492 valence electrons. The lowest BCUT2D eigenvalue weighted by Crippen LogP contribution is -2.92. The first kappa shape index (κ1) is 72.3. The fourth-order valence-electron chi connectivity index (χ4n) is 14.1. The minimum absolute atomic E-state index is 0.716. The maximum absolute atomic E-state index is 14.1. The summed E-state index contributed by atoms with van der Waals surface area (Å²) in [4.78, 5) is 68.3. The highest BCUT2D eigenvalue weighted by atomic mass is 16.8. The molecule has 10 unspecified atom stereocenters. The highest BCUT2D eigenvalue weighted by molar-refractivity contribution is 5.83. The lowest BCUT2D eigenvalue weighted by Gasteiger charge is -2.72. The summed E-state index contributed by atoms with van der Waals surface area (Å²) in [5.41, 5.74) is -56.3. The summed E-state index contributed by atoms with van der Waals surface area (Å²) in [6.45, 7) is 21.2. The van der Waals surface area contributed by atoms with Crippen LogP contribution in [0, 0.1) is 0 Å². The van der Waals surface area contributed by atoms with Gasteiger partial charge in [0.05, 0.1) is 5.60 Å². The molecule has 5 rings (SSSR count). The van der Waals surface area contributed by atoms with E-state index in [1.165, 1.54) is 13.8 Å². The SMILES string of the molecule is CO[C@]1(C)C(C)(C(=O)O)O[C@@](C)(O[C@@]2(C)C(O)C(C)(O)[C@](C)(O[C@]3(C)C(C)(C(=O)O)O[C@@](C)(O[C@@]4(C)C(C)(O)C(C)(O)[C@](C)(O[C@]5(C)C(C)(C(=O)O)OC(C)(C)[C@@H](O)C5(C)O)O[C@@]4(C)C(=O)O)C(C)(O)[C@@]3(C)O)O[C@@]2(C)C(=O)O)[C@@](C)(O)C1(C)O. The van der Waals surface area contributed by atoms with Crippen LogP contribution >= 0.6 is 0 Å². The third-order valence-electron chi connectivity index (χ3n) is 23.1. The second kappa shape index (κ2) is 18.6. The topological polar surface area (TPSA) is 481 Å². The van der Waals surface area contributed by atoms with E-state index in [1.807, 2.05) is 0 Å². The van der Waals surface area contributed by atoms with E-state index in [-0.39, 0.29) is 0 Å². The van der Waals surface area contributed by atoms with Gasteiger partial charge in [0.2, 0.25) is 0 Å². The minimum atomic E-state index is -3.36. The van der Waals surface area contributed by atoms with Gasteiger partial charge in [-0.05, 0) is 166 Å². The van der Waals surface area contributed by atoms with E-state index in [1.54, 1.807) is 0 Å². The second-order valence-electron chi connectivity index (χ2n) is 28.0. The van der Waals surface area contributed by atoms with Gasteiger partial charge in [0.25, 0.3) is 0 Å². The second-order valence-corrected chi connectivity index (χ2v) is 28.0. The molecule has 0 amide bonds. The molecule has 5 heterocycles. The summed E-state index contributed by atoms with van der Waals surface area (Å²) in [6.07, 6.45) is -4.77. The molecule has 0 spiro atoms. The molecule has 0 aliphatic carbocycles. The number of hydrogen-bond donors (Lipinski definition) is 15. The average Bonchev–Trinajstić information content (AvgIpc) is 0.704. The van der Waals surface area contributed by atoms with Crippen molar-refractivity contribution in [1.29, 1.82) is 0 Å². The van der Waals surface area contributed by atoms with Crippen LogP contribution in [0.3, 0.4) is 0 Å². The molecule has 0 saturated carbocycles. The van der Waals surface area contributed by atoms with E-state index in [0.717, 1.165) is 153 Å². The zero-order valence-electron chi connectivity index (χ0n) is 53.0. The molecule has 5 aliphatic heterocycles. The van der Waals surface area contributed by atoms with E-state index >= 15 is 0 Å². The fourth-order valence-corrected chi connectivity index (χ4v) is 14.1. The van der Waals surface area contributed by atoms with Gasteiger partial charge in [0.1, 0.15) is 85.0 Å². The van der Waals surface area contributed by atoms with Gasteiger partial charge < -0.3 is 124 Å². The van der Waals surface area contributed by atoms with E-state index in [0.29, 0.717) is 6.92 Å². The molecular weight excluding hydrogens is 1140 g/mol. The van der Waals surface area contributed by atoms with Crippen LogP contribution in [0.25, 0.3) is 0 Å². The zero-order valence-corrected chi connectivity index (χ0v) is 53.0. The third kappa shape index (κ3) is 7.85. The van der Waals surface area contributed by atoms with Gasteiger partial charge in [-0.25, -0.2) is 24.0 Å². The molecule has 5 fully saturated rings. The van der Waals surface area contributed by atoms with Gasteiger partial charge in [0, 0.05) is 7.11 Å². The van der Waals surface area contributed by atoms with Crippen LogP contribution in [0.4, 0.5) is 0 Å². The number of aliphatic carboxylic acids is 5. The van der Waals surface area contributed by atoms with Crippen LogP contribution in [-0.4, -0.2) is 255 Å². The first-order valence-corrected chi connectivity index (χ1v) is 27.1. The van der Waals surface area contributed by atoms with E-state index in [9.17, 15) is 101 Å². The van der Waals surface area contributed by atoms with Gasteiger partial charge in [-0.1, -0.05) is 0 Å². The van der Waals surface area contributed by atoms with Crippen molar-refractivity contribution in [3.8, 4) is 0 Å². The Bertz CT molecular complexity index is 2790. The Morgan fingerprint density at radius 2 is 0.553 bits per heavy atom. The summed E-state index contributed by atoms with van der Waals surface area (Å²) in [6, 6.07) is 0. The number of rotatable bonds is 14. The monoisotopic (exact) mass is 1230 g/mol. The highest BCUT2D eigenvalue weighted by Gasteiger charge is 2.88. The van der Waals surface area contributed by atoms with Gasteiger partial charge >= 0.3 is 29.8 Å². The Hall–Kier alpha value is -3.45. The molecule has 0 aromatic carbocycles. The Morgan fingerprint density at radius 3 is 0.859 bits per heavy atom. The molecule has 24 atom stereocenters. The minimum Gasteiger partial charge on any atom is -0.479 e. The number of ether oxygens (including phenoxy) is 10. The van der Waals surface area contributed by atoms with Crippen LogP contribution in [0.1, 0.15) is 166 Å². The molecule has 0 radical (unpaired) electrons. The number of carboxylic acids is 5.